The first-order chi connectivity index (χ1) is 8.63. The van der Waals surface area contributed by atoms with Crippen molar-refractivity contribution >= 4 is 5.91 Å². The Balaban J connectivity index is 2.34. The third kappa shape index (κ3) is 5.27. The number of nitrogens with zero attached hydrogens (tertiary/aromatic N) is 3. The van der Waals surface area contributed by atoms with Gasteiger partial charge in [-0.3, -0.25) is 9.48 Å². The standard InChI is InChI=1S/C12H23N5O/c1-10(2)5-8-17-9-11(15-16-17)12(18)14-7-4-6-13-3/h9-10,13H,4-8H2,1-3H3,(H,14,18). The molecule has 0 fully saturated rings. The fourth-order valence-electron chi connectivity index (χ4n) is 1.46. The maximum absolute atomic E-state index is 11.7. The van der Waals surface area contributed by atoms with Crippen LogP contribution in [0.5, 0.6) is 0 Å². The molecule has 1 aromatic heterocycles. The Hall–Kier alpha value is -1.43. The number of nitrogens with one attached hydrogen (secondary N) is 2. The number of amides is 1. The monoisotopic (exact) mass is 253 g/mol. The lowest BCUT2D eigenvalue weighted by atomic mass is 10.1. The van der Waals surface area contributed by atoms with Crippen molar-refractivity contribution in [2.75, 3.05) is 20.1 Å². The van der Waals surface area contributed by atoms with E-state index in [1.54, 1.807) is 10.9 Å². The molecule has 1 rings (SSSR count). The minimum absolute atomic E-state index is 0.151. The van der Waals surface area contributed by atoms with Gasteiger partial charge in [0.15, 0.2) is 5.69 Å². The molecule has 0 spiro atoms. The van der Waals surface area contributed by atoms with Gasteiger partial charge >= 0.3 is 0 Å². The highest BCUT2D eigenvalue weighted by molar-refractivity contribution is 5.91. The van der Waals surface area contributed by atoms with Gasteiger partial charge < -0.3 is 10.6 Å². The SMILES string of the molecule is CNCCCNC(=O)c1cn(CCC(C)C)nn1. The van der Waals surface area contributed by atoms with Crippen LogP contribution in [0.4, 0.5) is 0 Å². The van der Waals surface area contributed by atoms with E-state index in [1.807, 2.05) is 7.05 Å². The van der Waals surface area contributed by atoms with Crippen LogP contribution in [-0.2, 0) is 6.54 Å². The zero-order valence-electron chi connectivity index (χ0n) is 11.4. The Labute approximate surface area is 108 Å². The molecule has 18 heavy (non-hydrogen) atoms. The number of carbonyl (C=O) groups excluding carboxylic acids is 1. The van der Waals surface area contributed by atoms with Gasteiger partial charge in [0.05, 0.1) is 6.20 Å². The van der Waals surface area contributed by atoms with Crippen LogP contribution >= 0.6 is 0 Å². The molecule has 0 aliphatic heterocycles. The second-order valence-corrected chi connectivity index (χ2v) is 4.76. The molecule has 0 radical (unpaired) electrons. The summed E-state index contributed by atoms with van der Waals surface area (Å²) in [6, 6.07) is 0. The lowest BCUT2D eigenvalue weighted by Gasteiger charge is -2.03. The first-order valence-electron chi connectivity index (χ1n) is 6.46. The molecule has 6 nitrogen and oxygen atoms in total. The van der Waals surface area contributed by atoms with Crippen LogP contribution in [0.25, 0.3) is 0 Å². The molecular formula is C12H23N5O. The van der Waals surface area contributed by atoms with Gasteiger partial charge in [-0.1, -0.05) is 19.1 Å². The van der Waals surface area contributed by atoms with Crippen LogP contribution in [0.15, 0.2) is 6.20 Å². The van der Waals surface area contributed by atoms with Crippen LogP contribution < -0.4 is 10.6 Å². The van der Waals surface area contributed by atoms with E-state index in [4.69, 9.17) is 0 Å². The van der Waals surface area contributed by atoms with Gasteiger partial charge in [-0.2, -0.15) is 0 Å². The van der Waals surface area contributed by atoms with Crippen LogP contribution in [0.3, 0.4) is 0 Å². The summed E-state index contributed by atoms with van der Waals surface area (Å²) in [5.41, 5.74) is 0.392. The molecule has 0 unspecified atom stereocenters. The number of aryl methyl sites for hydroxylation is 1. The number of rotatable bonds is 8. The lowest BCUT2D eigenvalue weighted by Crippen LogP contribution is -2.26. The van der Waals surface area contributed by atoms with Crippen molar-refractivity contribution in [1.29, 1.82) is 0 Å². The minimum atomic E-state index is -0.151. The average molecular weight is 253 g/mol. The minimum Gasteiger partial charge on any atom is -0.351 e. The summed E-state index contributed by atoms with van der Waals surface area (Å²) in [6.07, 6.45) is 3.64. The topological polar surface area (TPSA) is 71.8 Å². The molecule has 0 bridgehead atoms. The van der Waals surface area contributed by atoms with Gasteiger partial charge in [0.1, 0.15) is 0 Å². The number of hydrogen-bond acceptors (Lipinski definition) is 4. The third-order valence-electron chi connectivity index (χ3n) is 2.60. The second-order valence-electron chi connectivity index (χ2n) is 4.76. The summed E-state index contributed by atoms with van der Waals surface area (Å²) >= 11 is 0. The largest absolute Gasteiger partial charge is 0.351 e. The summed E-state index contributed by atoms with van der Waals surface area (Å²) in [4.78, 5) is 11.7. The van der Waals surface area contributed by atoms with Crippen molar-refractivity contribution in [2.24, 2.45) is 5.92 Å². The molecule has 1 aromatic rings. The van der Waals surface area contributed by atoms with Gasteiger partial charge in [-0.25, -0.2) is 0 Å². The molecule has 0 aliphatic rings. The Kier molecular flexibility index (Phi) is 6.35. The highest BCUT2D eigenvalue weighted by Crippen LogP contribution is 2.02. The van der Waals surface area contributed by atoms with Crippen molar-refractivity contribution in [2.45, 2.75) is 33.2 Å². The van der Waals surface area contributed by atoms with Crippen LogP contribution in [0.2, 0.25) is 0 Å². The maximum atomic E-state index is 11.7. The molecule has 102 valence electrons. The summed E-state index contributed by atoms with van der Waals surface area (Å²) in [7, 11) is 1.89. The summed E-state index contributed by atoms with van der Waals surface area (Å²) in [5, 5.41) is 13.7. The zero-order valence-corrected chi connectivity index (χ0v) is 11.4. The Morgan fingerprint density at radius 2 is 2.22 bits per heavy atom. The molecular weight excluding hydrogens is 230 g/mol. The van der Waals surface area contributed by atoms with E-state index >= 15 is 0 Å². The fraction of sp³-hybridized carbons (Fsp3) is 0.750. The number of hydrogen-bond donors (Lipinski definition) is 2. The number of aromatic nitrogens is 3. The van der Waals surface area contributed by atoms with E-state index in [2.05, 4.69) is 34.8 Å². The van der Waals surface area contributed by atoms with Crippen LogP contribution in [-0.4, -0.2) is 41.0 Å². The maximum Gasteiger partial charge on any atom is 0.273 e. The molecule has 0 aliphatic carbocycles. The van der Waals surface area contributed by atoms with E-state index in [-0.39, 0.29) is 5.91 Å². The van der Waals surface area contributed by atoms with E-state index in [0.717, 1.165) is 25.9 Å². The first kappa shape index (κ1) is 14.6. The van der Waals surface area contributed by atoms with Crippen molar-refractivity contribution < 1.29 is 4.79 Å². The quantitative estimate of drug-likeness (QED) is 0.668. The highest BCUT2D eigenvalue weighted by Gasteiger charge is 2.09. The zero-order chi connectivity index (χ0) is 13.4. The average Bonchev–Trinajstić information content (AvgIpc) is 2.80. The van der Waals surface area contributed by atoms with E-state index in [9.17, 15) is 4.79 Å². The smallest absolute Gasteiger partial charge is 0.273 e. The van der Waals surface area contributed by atoms with Crippen molar-refractivity contribution in [1.82, 2.24) is 25.6 Å². The molecule has 0 saturated carbocycles. The molecule has 1 heterocycles. The van der Waals surface area contributed by atoms with E-state index in [0.29, 0.717) is 18.2 Å². The first-order valence-corrected chi connectivity index (χ1v) is 6.46. The molecule has 0 saturated heterocycles. The second kappa shape index (κ2) is 7.81. The molecule has 0 atom stereocenters. The van der Waals surface area contributed by atoms with Gasteiger partial charge in [0, 0.05) is 13.1 Å². The summed E-state index contributed by atoms with van der Waals surface area (Å²) in [6.45, 7) is 6.66. The molecule has 6 heteroatoms. The Bertz CT molecular complexity index is 361. The predicted octanol–water partition coefficient (Wildman–Crippen LogP) is 0.663. The van der Waals surface area contributed by atoms with Gasteiger partial charge in [0.25, 0.3) is 5.91 Å². The fourth-order valence-corrected chi connectivity index (χ4v) is 1.46. The molecule has 0 aromatic carbocycles. The highest BCUT2D eigenvalue weighted by atomic mass is 16.2. The lowest BCUT2D eigenvalue weighted by molar-refractivity contribution is 0.0948. The van der Waals surface area contributed by atoms with Crippen LogP contribution in [0, 0.1) is 5.92 Å². The van der Waals surface area contributed by atoms with Crippen LogP contribution in [0.1, 0.15) is 37.2 Å². The third-order valence-corrected chi connectivity index (χ3v) is 2.60. The van der Waals surface area contributed by atoms with Gasteiger partial charge in [0.2, 0.25) is 0 Å². The Morgan fingerprint density at radius 1 is 1.44 bits per heavy atom. The normalized spacial score (nSPS) is 10.9. The van der Waals surface area contributed by atoms with Crippen molar-refractivity contribution in [3.8, 4) is 0 Å². The van der Waals surface area contributed by atoms with Gasteiger partial charge in [-0.15, -0.1) is 5.10 Å². The summed E-state index contributed by atoms with van der Waals surface area (Å²) < 4.78 is 1.72. The van der Waals surface area contributed by atoms with E-state index < -0.39 is 0 Å². The number of carbonyl (C=O) groups is 1. The van der Waals surface area contributed by atoms with Gasteiger partial charge in [-0.05, 0) is 32.4 Å². The summed E-state index contributed by atoms with van der Waals surface area (Å²) in [5.74, 6) is 0.468. The van der Waals surface area contributed by atoms with Crippen molar-refractivity contribution in [3.63, 3.8) is 0 Å². The van der Waals surface area contributed by atoms with E-state index in [1.165, 1.54) is 0 Å². The van der Waals surface area contributed by atoms with Crippen molar-refractivity contribution in [3.05, 3.63) is 11.9 Å². The Morgan fingerprint density at radius 3 is 2.89 bits per heavy atom. The molecule has 1 amide bonds. The molecule has 2 N–H and O–H groups in total. The predicted molar refractivity (Wildman–Crippen MR) is 70.4 cm³/mol.